The van der Waals surface area contributed by atoms with E-state index in [0.29, 0.717) is 0 Å². The standard InChI is InChI=1S/C18H29NO/c1-2-3-4-5-6-7-8-9-10-14-17-16-13-11-12-15-18(16)20-19-17/h11,13H,2-10,12,14-15H2,1H3. The van der Waals surface area contributed by atoms with Crippen LogP contribution in [0.25, 0.3) is 6.08 Å². The lowest BCUT2D eigenvalue weighted by atomic mass is 10.00. The van der Waals surface area contributed by atoms with Gasteiger partial charge in [0.15, 0.2) is 0 Å². The molecule has 20 heavy (non-hydrogen) atoms. The molecule has 0 spiro atoms. The Kier molecular flexibility index (Phi) is 6.90. The fraction of sp³-hybridized carbons (Fsp3) is 0.722. The number of rotatable bonds is 10. The molecular formula is C18H29NO. The van der Waals surface area contributed by atoms with Crippen molar-refractivity contribution in [3.63, 3.8) is 0 Å². The van der Waals surface area contributed by atoms with E-state index < -0.39 is 0 Å². The average molecular weight is 275 g/mol. The van der Waals surface area contributed by atoms with E-state index in [9.17, 15) is 0 Å². The topological polar surface area (TPSA) is 26.0 Å². The summed E-state index contributed by atoms with van der Waals surface area (Å²) in [6.07, 6.45) is 20.0. The average Bonchev–Trinajstić information content (AvgIpc) is 2.89. The van der Waals surface area contributed by atoms with Gasteiger partial charge in [0.1, 0.15) is 5.76 Å². The maximum atomic E-state index is 5.42. The predicted octanol–water partition coefficient (Wildman–Crippen LogP) is 5.71. The first-order chi connectivity index (χ1) is 9.92. The van der Waals surface area contributed by atoms with Crippen LogP contribution in [-0.4, -0.2) is 5.16 Å². The Bertz CT molecular complexity index is 406. The lowest BCUT2D eigenvalue weighted by Crippen LogP contribution is -1.94. The molecule has 0 fully saturated rings. The van der Waals surface area contributed by atoms with Crippen molar-refractivity contribution < 1.29 is 4.52 Å². The fourth-order valence-corrected chi connectivity index (χ4v) is 2.94. The molecule has 2 rings (SSSR count). The molecule has 0 bridgehead atoms. The van der Waals surface area contributed by atoms with Gasteiger partial charge in [0, 0.05) is 12.0 Å². The molecule has 0 unspecified atom stereocenters. The SMILES string of the molecule is CCCCCCCCCCCc1noc2c1C=CCC2. The zero-order valence-electron chi connectivity index (χ0n) is 13.0. The minimum absolute atomic E-state index is 1.02. The third-order valence-electron chi connectivity index (χ3n) is 4.22. The molecule has 0 aromatic carbocycles. The third kappa shape index (κ3) is 4.81. The van der Waals surface area contributed by atoms with Crippen molar-refractivity contribution in [3.8, 4) is 0 Å². The summed E-state index contributed by atoms with van der Waals surface area (Å²) < 4.78 is 5.42. The molecule has 0 N–H and O–H groups in total. The van der Waals surface area contributed by atoms with Gasteiger partial charge >= 0.3 is 0 Å². The second kappa shape index (κ2) is 8.99. The Hall–Kier alpha value is -1.05. The molecule has 0 saturated carbocycles. The third-order valence-corrected chi connectivity index (χ3v) is 4.22. The van der Waals surface area contributed by atoms with E-state index in [1.807, 2.05) is 0 Å². The van der Waals surface area contributed by atoms with Crippen molar-refractivity contribution in [3.05, 3.63) is 23.1 Å². The van der Waals surface area contributed by atoms with Gasteiger partial charge in [-0.2, -0.15) is 0 Å². The van der Waals surface area contributed by atoms with Gasteiger partial charge in [0.2, 0.25) is 0 Å². The number of aromatic nitrogens is 1. The van der Waals surface area contributed by atoms with Crippen LogP contribution >= 0.6 is 0 Å². The van der Waals surface area contributed by atoms with Crippen LogP contribution in [0.4, 0.5) is 0 Å². The zero-order chi connectivity index (χ0) is 14.0. The van der Waals surface area contributed by atoms with Gasteiger partial charge < -0.3 is 4.52 Å². The van der Waals surface area contributed by atoms with Gasteiger partial charge in [-0.3, -0.25) is 0 Å². The maximum absolute atomic E-state index is 5.42. The highest BCUT2D eigenvalue weighted by Gasteiger charge is 2.15. The van der Waals surface area contributed by atoms with E-state index in [4.69, 9.17) is 4.52 Å². The van der Waals surface area contributed by atoms with Crippen LogP contribution in [0, 0.1) is 0 Å². The highest BCUT2D eigenvalue weighted by Crippen LogP contribution is 2.23. The highest BCUT2D eigenvalue weighted by molar-refractivity contribution is 5.55. The molecule has 0 radical (unpaired) electrons. The molecule has 2 nitrogen and oxygen atoms in total. The van der Waals surface area contributed by atoms with Crippen LogP contribution < -0.4 is 0 Å². The molecule has 1 aromatic heterocycles. The number of fused-ring (bicyclic) bond motifs is 1. The Morgan fingerprint density at radius 2 is 1.70 bits per heavy atom. The van der Waals surface area contributed by atoms with Crippen LogP contribution in [0.2, 0.25) is 0 Å². The first kappa shape index (κ1) is 15.3. The van der Waals surface area contributed by atoms with Crippen LogP contribution in [0.3, 0.4) is 0 Å². The van der Waals surface area contributed by atoms with Crippen molar-refractivity contribution in [2.24, 2.45) is 0 Å². The first-order valence-electron chi connectivity index (χ1n) is 8.55. The van der Waals surface area contributed by atoms with E-state index in [1.54, 1.807) is 0 Å². The molecule has 0 amide bonds. The maximum Gasteiger partial charge on any atom is 0.144 e. The molecule has 1 aliphatic rings. The molecule has 1 heterocycles. The van der Waals surface area contributed by atoms with Gasteiger partial charge in [-0.05, 0) is 19.3 Å². The summed E-state index contributed by atoms with van der Waals surface area (Å²) in [6.45, 7) is 2.28. The zero-order valence-corrected chi connectivity index (χ0v) is 13.0. The molecule has 0 aliphatic heterocycles. The van der Waals surface area contributed by atoms with Gasteiger partial charge in [0.05, 0.1) is 5.69 Å². The number of unbranched alkanes of at least 4 members (excludes halogenated alkanes) is 8. The van der Waals surface area contributed by atoms with Crippen molar-refractivity contribution in [1.29, 1.82) is 0 Å². The summed E-state index contributed by atoms with van der Waals surface area (Å²) in [5.41, 5.74) is 2.45. The largest absolute Gasteiger partial charge is 0.360 e. The monoisotopic (exact) mass is 275 g/mol. The molecule has 112 valence electrons. The molecule has 0 atom stereocenters. The Morgan fingerprint density at radius 1 is 1.00 bits per heavy atom. The number of allylic oxidation sites excluding steroid dienone is 1. The van der Waals surface area contributed by atoms with E-state index in [0.717, 1.165) is 25.0 Å². The van der Waals surface area contributed by atoms with Gasteiger partial charge in [0.25, 0.3) is 0 Å². The summed E-state index contributed by atoms with van der Waals surface area (Å²) in [5, 5.41) is 4.24. The molecular weight excluding hydrogens is 246 g/mol. The second-order valence-corrected chi connectivity index (χ2v) is 5.99. The summed E-state index contributed by atoms with van der Waals surface area (Å²) in [4.78, 5) is 0. The van der Waals surface area contributed by atoms with Gasteiger partial charge in [-0.1, -0.05) is 75.6 Å². The summed E-state index contributed by atoms with van der Waals surface area (Å²) in [7, 11) is 0. The molecule has 2 heteroatoms. The first-order valence-corrected chi connectivity index (χ1v) is 8.55. The fourth-order valence-electron chi connectivity index (χ4n) is 2.94. The van der Waals surface area contributed by atoms with E-state index in [2.05, 4.69) is 24.2 Å². The smallest absolute Gasteiger partial charge is 0.144 e. The molecule has 1 aromatic rings. The minimum Gasteiger partial charge on any atom is -0.360 e. The lowest BCUT2D eigenvalue weighted by Gasteiger charge is -2.03. The van der Waals surface area contributed by atoms with E-state index in [-0.39, 0.29) is 0 Å². The Morgan fingerprint density at radius 3 is 2.45 bits per heavy atom. The van der Waals surface area contributed by atoms with Gasteiger partial charge in [-0.15, -0.1) is 0 Å². The lowest BCUT2D eigenvalue weighted by molar-refractivity contribution is 0.376. The van der Waals surface area contributed by atoms with Gasteiger partial charge in [-0.25, -0.2) is 0 Å². The summed E-state index contributed by atoms with van der Waals surface area (Å²) in [5.74, 6) is 1.10. The van der Waals surface area contributed by atoms with Crippen LogP contribution in [-0.2, 0) is 12.8 Å². The van der Waals surface area contributed by atoms with Crippen molar-refractivity contribution >= 4 is 6.08 Å². The Balaban J connectivity index is 1.54. The number of nitrogens with zero attached hydrogens (tertiary/aromatic N) is 1. The summed E-state index contributed by atoms with van der Waals surface area (Å²) in [6, 6.07) is 0. The van der Waals surface area contributed by atoms with E-state index >= 15 is 0 Å². The summed E-state index contributed by atoms with van der Waals surface area (Å²) >= 11 is 0. The van der Waals surface area contributed by atoms with Crippen molar-refractivity contribution in [1.82, 2.24) is 5.16 Å². The van der Waals surface area contributed by atoms with Crippen LogP contribution in [0.1, 0.15) is 88.1 Å². The van der Waals surface area contributed by atoms with E-state index in [1.165, 1.54) is 69.0 Å². The second-order valence-electron chi connectivity index (χ2n) is 5.99. The van der Waals surface area contributed by atoms with Crippen LogP contribution in [0.5, 0.6) is 0 Å². The quantitative estimate of drug-likeness (QED) is 0.511. The number of aryl methyl sites for hydroxylation is 2. The van der Waals surface area contributed by atoms with Crippen LogP contribution in [0.15, 0.2) is 10.6 Å². The molecule has 1 aliphatic carbocycles. The number of hydrogen-bond acceptors (Lipinski definition) is 2. The van der Waals surface area contributed by atoms with Crippen molar-refractivity contribution in [2.45, 2.75) is 84.0 Å². The predicted molar refractivity (Wildman–Crippen MR) is 84.8 cm³/mol. The number of hydrogen-bond donors (Lipinski definition) is 0. The van der Waals surface area contributed by atoms with Crippen molar-refractivity contribution in [2.75, 3.05) is 0 Å². The Labute approximate surface area is 123 Å². The minimum atomic E-state index is 1.02. The normalized spacial score (nSPS) is 13.7. The molecule has 0 saturated heterocycles. The highest BCUT2D eigenvalue weighted by atomic mass is 16.5.